The van der Waals surface area contributed by atoms with E-state index in [1.54, 1.807) is 19.4 Å². The van der Waals surface area contributed by atoms with Crippen LogP contribution in [0.2, 0.25) is 0 Å². The smallest absolute Gasteiger partial charge is 0.344 e. The highest BCUT2D eigenvalue weighted by molar-refractivity contribution is 8.00. The molecule has 0 amide bonds. The largest absolute Gasteiger partial charge is 0.497 e. The molecule has 0 N–H and O–H groups in total. The first-order valence-electron chi connectivity index (χ1n) is 6.41. The minimum Gasteiger partial charge on any atom is -0.497 e. The molecule has 23 heavy (non-hydrogen) atoms. The van der Waals surface area contributed by atoms with E-state index >= 15 is 0 Å². The van der Waals surface area contributed by atoms with Gasteiger partial charge in [-0.2, -0.15) is 0 Å². The van der Waals surface area contributed by atoms with E-state index in [0.29, 0.717) is 9.50 Å². The maximum Gasteiger partial charge on any atom is 0.344 e. The molecule has 2 aromatic heterocycles. The van der Waals surface area contributed by atoms with Crippen molar-refractivity contribution in [3.8, 4) is 17.0 Å². The molecule has 116 valence electrons. The molecule has 0 fully saturated rings. The second-order valence-electron chi connectivity index (χ2n) is 4.28. The predicted octanol–water partition coefficient (Wildman–Crippen LogP) is 3.67. The zero-order chi connectivity index (χ0) is 16.2. The van der Waals surface area contributed by atoms with Gasteiger partial charge in [-0.05, 0) is 53.4 Å². The Morgan fingerprint density at radius 3 is 2.65 bits per heavy atom. The summed E-state index contributed by atoms with van der Waals surface area (Å²) in [7, 11) is 1.61. The Labute approximate surface area is 139 Å². The molecule has 9 heteroatoms. The van der Waals surface area contributed by atoms with Gasteiger partial charge in [-0.25, -0.2) is 15.0 Å². The maximum absolute atomic E-state index is 10.7. The lowest BCUT2D eigenvalue weighted by molar-refractivity contribution is -0.380. The van der Waals surface area contributed by atoms with Crippen molar-refractivity contribution in [1.82, 2.24) is 15.0 Å². The zero-order valence-electron chi connectivity index (χ0n) is 11.9. The average molecular weight is 346 g/mol. The van der Waals surface area contributed by atoms with Crippen LogP contribution in [0.1, 0.15) is 0 Å². The van der Waals surface area contributed by atoms with Crippen LogP contribution < -0.4 is 4.74 Å². The fourth-order valence-corrected chi connectivity index (χ4v) is 3.40. The van der Waals surface area contributed by atoms with Gasteiger partial charge in [-0.1, -0.05) is 0 Å². The fourth-order valence-electron chi connectivity index (χ4n) is 1.77. The maximum atomic E-state index is 10.7. The van der Waals surface area contributed by atoms with E-state index in [-0.39, 0.29) is 5.00 Å². The lowest BCUT2D eigenvalue weighted by Crippen LogP contribution is -1.90. The minimum absolute atomic E-state index is 0.00110. The number of ether oxygens (including phenoxy) is 1. The standard InChI is InChI=1S/C14H10N4O3S2/c1-21-10-4-2-9(3-5-10)11-6-7-15-13(17-11)23-14-16-8-12(22-14)18(19)20/h2-8H,1H3. The quantitative estimate of drug-likeness (QED) is 0.395. The van der Waals surface area contributed by atoms with Crippen molar-refractivity contribution in [3.63, 3.8) is 0 Å². The van der Waals surface area contributed by atoms with Crippen molar-refractivity contribution in [2.75, 3.05) is 7.11 Å². The van der Waals surface area contributed by atoms with E-state index < -0.39 is 4.92 Å². The van der Waals surface area contributed by atoms with Gasteiger partial charge in [0.1, 0.15) is 11.9 Å². The second kappa shape index (κ2) is 6.71. The van der Waals surface area contributed by atoms with E-state index in [9.17, 15) is 10.1 Å². The molecule has 0 atom stereocenters. The lowest BCUT2D eigenvalue weighted by atomic mass is 10.1. The van der Waals surface area contributed by atoms with Crippen LogP contribution in [0, 0.1) is 10.1 Å². The van der Waals surface area contributed by atoms with Crippen LogP contribution in [0.4, 0.5) is 5.00 Å². The Balaban J connectivity index is 1.82. The summed E-state index contributed by atoms with van der Waals surface area (Å²) in [5, 5.41) is 11.2. The molecule has 0 radical (unpaired) electrons. The summed E-state index contributed by atoms with van der Waals surface area (Å²) in [6, 6.07) is 9.33. The van der Waals surface area contributed by atoms with E-state index in [1.807, 2.05) is 24.3 Å². The zero-order valence-corrected chi connectivity index (χ0v) is 13.5. The number of thiazole rings is 1. The van der Waals surface area contributed by atoms with Crippen LogP contribution in [0.5, 0.6) is 5.75 Å². The monoisotopic (exact) mass is 346 g/mol. The molecule has 0 aliphatic rings. The second-order valence-corrected chi connectivity index (χ2v) is 6.50. The van der Waals surface area contributed by atoms with Crippen molar-refractivity contribution in [3.05, 3.63) is 52.8 Å². The van der Waals surface area contributed by atoms with E-state index in [0.717, 1.165) is 28.3 Å². The molecule has 7 nitrogen and oxygen atoms in total. The van der Waals surface area contributed by atoms with Gasteiger partial charge in [-0.15, -0.1) is 0 Å². The number of hydrogen-bond acceptors (Lipinski definition) is 8. The van der Waals surface area contributed by atoms with Crippen molar-refractivity contribution >= 4 is 28.1 Å². The Morgan fingerprint density at radius 1 is 1.22 bits per heavy atom. The number of methoxy groups -OCH3 is 1. The lowest BCUT2D eigenvalue weighted by Gasteiger charge is -2.04. The van der Waals surface area contributed by atoms with Gasteiger partial charge in [0.15, 0.2) is 9.50 Å². The van der Waals surface area contributed by atoms with Gasteiger partial charge >= 0.3 is 5.00 Å². The van der Waals surface area contributed by atoms with Crippen LogP contribution in [-0.4, -0.2) is 27.0 Å². The fraction of sp³-hybridized carbons (Fsp3) is 0.0714. The third-order valence-corrected chi connectivity index (χ3v) is 4.75. The normalized spacial score (nSPS) is 10.5. The summed E-state index contributed by atoms with van der Waals surface area (Å²) in [6.07, 6.45) is 2.89. The molecule has 3 aromatic rings. The molecule has 0 unspecified atom stereocenters. The highest BCUT2D eigenvalue weighted by Crippen LogP contribution is 2.33. The number of nitro groups is 1. The summed E-state index contributed by atoms with van der Waals surface area (Å²) >= 11 is 2.20. The number of nitrogens with zero attached hydrogens (tertiary/aromatic N) is 4. The summed E-state index contributed by atoms with van der Waals surface area (Å²) in [6.45, 7) is 0. The van der Waals surface area contributed by atoms with E-state index in [2.05, 4.69) is 15.0 Å². The SMILES string of the molecule is COc1ccc(-c2ccnc(Sc3ncc([N+](=O)[O-])s3)n2)cc1. The van der Waals surface area contributed by atoms with Crippen molar-refractivity contribution in [1.29, 1.82) is 0 Å². The van der Waals surface area contributed by atoms with Gasteiger partial charge in [0.2, 0.25) is 0 Å². The molecule has 3 rings (SSSR count). The van der Waals surface area contributed by atoms with Crippen LogP contribution in [0.25, 0.3) is 11.3 Å². The molecule has 0 aliphatic heterocycles. The molecule has 0 bridgehead atoms. The third-order valence-electron chi connectivity index (χ3n) is 2.85. The van der Waals surface area contributed by atoms with Crippen molar-refractivity contribution < 1.29 is 9.66 Å². The summed E-state index contributed by atoms with van der Waals surface area (Å²) in [5.41, 5.74) is 1.69. The van der Waals surface area contributed by atoms with Crippen LogP contribution in [-0.2, 0) is 0 Å². The number of rotatable bonds is 5. The van der Waals surface area contributed by atoms with Gasteiger partial charge in [0, 0.05) is 11.8 Å². The summed E-state index contributed by atoms with van der Waals surface area (Å²) < 4.78 is 5.66. The molecule has 0 saturated heterocycles. The molecule has 2 heterocycles. The van der Waals surface area contributed by atoms with Crippen molar-refractivity contribution in [2.24, 2.45) is 0 Å². The van der Waals surface area contributed by atoms with E-state index in [1.165, 1.54) is 18.0 Å². The van der Waals surface area contributed by atoms with Crippen LogP contribution >= 0.6 is 23.1 Å². The first kappa shape index (κ1) is 15.4. The minimum atomic E-state index is -0.462. The molecular formula is C14H10N4O3S2. The Hall–Kier alpha value is -2.52. The predicted molar refractivity (Wildman–Crippen MR) is 86.9 cm³/mol. The summed E-state index contributed by atoms with van der Waals surface area (Å²) in [4.78, 5) is 22.9. The number of benzene rings is 1. The summed E-state index contributed by atoms with van der Waals surface area (Å²) in [5.74, 6) is 0.771. The van der Waals surface area contributed by atoms with Crippen molar-refractivity contribution in [2.45, 2.75) is 9.50 Å². The Morgan fingerprint density at radius 2 is 2.00 bits per heavy atom. The van der Waals surface area contributed by atoms with Gasteiger partial charge < -0.3 is 4.74 Å². The van der Waals surface area contributed by atoms with Gasteiger partial charge in [-0.3, -0.25) is 10.1 Å². The third kappa shape index (κ3) is 3.63. The number of aromatic nitrogens is 3. The highest BCUT2D eigenvalue weighted by atomic mass is 32.2. The molecule has 0 saturated carbocycles. The average Bonchev–Trinajstić information content (AvgIpc) is 3.04. The highest BCUT2D eigenvalue weighted by Gasteiger charge is 2.13. The van der Waals surface area contributed by atoms with Gasteiger partial charge in [0.25, 0.3) is 0 Å². The van der Waals surface area contributed by atoms with Gasteiger partial charge in [0.05, 0.1) is 17.7 Å². The Bertz CT molecular complexity index is 836. The first-order chi connectivity index (χ1) is 11.2. The molecule has 0 aliphatic carbocycles. The Kier molecular flexibility index (Phi) is 4.49. The molecule has 1 aromatic carbocycles. The topological polar surface area (TPSA) is 91.0 Å². The van der Waals surface area contributed by atoms with Crippen LogP contribution in [0.3, 0.4) is 0 Å². The first-order valence-corrected chi connectivity index (χ1v) is 8.04. The van der Waals surface area contributed by atoms with Crippen LogP contribution in [0.15, 0.2) is 52.2 Å². The number of hydrogen-bond donors (Lipinski definition) is 0. The molecule has 0 spiro atoms. The molecular weight excluding hydrogens is 336 g/mol. The van der Waals surface area contributed by atoms with E-state index in [4.69, 9.17) is 4.74 Å².